The van der Waals surface area contributed by atoms with Gasteiger partial charge in [-0.05, 0) is 64.9 Å². The molecule has 2 rings (SSSR count). The van der Waals surface area contributed by atoms with Crippen molar-refractivity contribution in [3.8, 4) is 0 Å². The molecular weight excluding hydrogens is 424 g/mol. The molecule has 1 aromatic heterocycles. The molecule has 0 aliphatic carbocycles. The summed E-state index contributed by atoms with van der Waals surface area (Å²) in [4.78, 5) is 4.66. The molecule has 1 aromatic carbocycles. The average Bonchev–Trinajstić information content (AvgIpc) is 2.35. The third kappa shape index (κ3) is 3.45. The first-order chi connectivity index (χ1) is 8.58. The molecule has 2 aromatic rings. The van der Waals surface area contributed by atoms with E-state index in [4.69, 9.17) is 11.6 Å². The smallest absolute Gasteiger partial charge is 0.0461 e. The zero-order valence-corrected chi connectivity index (χ0v) is 14.3. The van der Waals surface area contributed by atoms with Gasteiger partial charge in [-0.1, -0.05) is 33.6 Å². The number of aryl methyl sites for hydroxylation is 1. The molecule has 94 valence electrons. The number of benzene rings is 1. The highest BCUT2D eigenvalue weighted by atomic mass is 127. The Hall–Kier alpha value is -0.130. The summed E-state index contributed by atoms with van der Waals surface area (Å²) in [5, 5.41) is 0.771. The first kappa shape index (κ1) is 14.3. The molecule has 4 heteroatoms. The molecule has 1 unspecified atom stereocenters. The van der Waals surface area contributed by atoms with Crippen molar-refractivity contribution in [3.05, 3.63) is 61.9 Å². The predicted molar refractivity (Wildman–Crippen MR) is 88.5 cm³/mol. The van der Waals surface area contributed by atoms with Crippen LogP contribution in [0.25, 0.3) is 0 Å². The number of halogens is 3. The summed E-state index contributed by atoms with van der Waals surface area (Å²) in [6.07, 6.45) is 2.70. The summed E-state index contributed by atoms with van der Waals surface area (Å²) in [5.74, 6) is 0. The average molecular weight is 437 g/mol. The van der Waals surface area contributed by atoms with Crippen molar-refractivity contribution in [2.24, 2.45) is 0 Å². The van der Waals surface area contributed by atoms with E-state index in [0.29, 0.717) is 0 Å². The Labute approximate surface area is 134 Å². The van der Waals surface area contributed by atoms with Gasteiger partial charge < -0.3 is 0 Å². The van der Waals surface area contributed by atoms with Gasteiger partial charge in [0.2, 0.25) is 0 Å². The fourth-order valence-corrected chi connectivity index (χ4v) is 3.77. The molecule has 0 aliphatic heterocycles. The van der Waals surface area contributed by atoms with Crippen molar-refractivity contribution < 1.29 is 0 Å². The first-order valence-corrected chi connectivity index (χ1v) is 7.94. The topological polar surface area (TPSA) is 12.9 Å². The van der Waals surface area contributed by atoms with Crippen LogP contribution >= 0.6 is 50.1 Å². The number of nitrogens with zero attached hydrogens (tertiary/aromatic N) is 1. The minimum Gasteiger partial charge on any atom is -0.261 e. The molecule has 0 aliphatic rings. The maximum absolute atomic E-state index is 6.06. The normalized spacial score (nSPS) is 12.4. The van der Waals surface area contributed by atoms with Gasteiger partial charge in [0.15, 0.2) is 0 Å². The van der Waals surface area contributed by atoms with Crippen LogP contribution in [0, 0.1) is 10.5 Å². The number of hydrogen-bond acceptors (Lipinski definition) is 1. The third-order valence-corrected chi connectivity index (χ3v) is 4.82. The lowest BCUT2D eigenvalue weighted by Gasteiger charge is -2.13. The van der Waals surface area contributed by atoms with E-state index < -0.39 is 0 Å². The van der Waals surface area contributed by atoms with Crippen molar-refractivity contribution in [2.45, 2.75) is 18.2 Å². The third-order valence-electron chi connectivity index (χ3n) is 2.79. The van der Waals surface area contributed by atoms with Crippen LogP contribution in [-0.2, 0) is 6.42 Å². The SMILES string of the molecule is Cc1cccnc1CC(Br)c1cc(Cl)ccc1I. The largest absolute Gasteiger partial charge is 0.261 e. The Morgan fingerprint density at radius 3 is 2.89 bits per heavy atom. The van der Waals surface area contributed by atoms with Crippen molar-refractivity contribution in [1.29, 1.82) is 0 Å². The second kappa shape index (κ2) is 6.35. The van der Waals surface area contributed by atoms with Crippen molar-refractivity contribution >= 4 is 50.1 Å². The first-order valence-electron chi connectivity index (χ1n) is 5.57. The fraction of sp³-hybridized carbons (Fsp3) is 0.214. The minimum absolute atomic E-state index is 0.233. The number of hydrogen-bond donors (Lipinski definition) is 0. The molecule has 0 amide bonds. The Morgan fingerprint density at radius 1 is 1.39 bits per heavy atom. The van der Waals surface area contributed by atoms with Crippen LogP contribution in [-0.4, -0.2) is 4.98 Å². The predicted octanol–water partition coefficient (Wildman–Crippen LogP) is 5.33. The zero-order chi connectivity index (χ0) is 13.1. The Morgan fingerprint density at radius 2 is 2.17 bits per heavy atom. The van der Waals surface area contributed by atoms with Gasteiger partial charge in [-0.2, -0.15) is 0 Å². The molecule has 0 fully saturated rings. The highest BCUT2D eigenvalue weighted by molar-refractivity contribution is 14.1. The maximum atomic E-state index is 6.06. The van der Waals surface area contributed by atoms with E-state index in [2.05, 4.69) is 56.5 Å². The molecule has 1 heterocycles. The summed E-state index contributed by atoms with van der Waals surface area (Å²) >= 11 is 12.1. The van der Waals surface area contributed by atoms with Crippen LogP contribution in [0.5, 0.6) is 0 Å². The number of aromatic nitrogens is 1. The summed E-state index contributed by atoms with van der Waals surface area (Å²) in [6, 6.07) is 10.0. The van der Waals surface area contributed by atoms with Crippen LogP contribution in [0.15, 0.2) is 36.5 Å². The van der Waals surface area contributed by atoms with Crippen molar-refractivity contribution in [3.63, 3.8) is 0 Å². The van der Waals surface area contributed by atoms with E-state index in [0.717, 1.165) is 17.1 Å². The summed E-state index contributed by atoms with van der Waals surface area (Å²) in [7, 11) is 0. The molecule has 0 saturated heterocycles. The lowest BCUT2D eigenvalue weighted by Crippen LogP contribution is -2.01. The van der Waals surface area contributed by atoms with Gasteiger partial charge in [0, 0.05) is 31.7 Å². The molecular formula is C14H12BrClIN. The maximum Gasteiger partial charge on any atom is 0.0461 e. The summed E-state index contributed by atoms with van der Waals surface area (Å²) in [6.45, 7) is 2.09. The van der Waals surface area contributed by atoms with Crippen molar-refractivity contribution in [2.75, 3.05) is 0 Å². The van der Waals surface area contributed by atoms with E-state index in [-0.39, 0.29) is 4.83 Å². The van der Waals surface area contributed by atoms with Gasteiger partial charge in [0.25, 0.3) is 0 Å². The highest BCUT2D eigenvalue weighted by Gasteiger charge is 2.14. The second-order valence-electron chi connectivity index (χ2n) is 4.10. The van der Waals surface area contributed by atoms with Crippen LogP contribution in [0.2, 0.25) is 5.02 Å². The lowest BCUT2D eigenvalue weighted by molar-refractivity contribution is 0.888. The molecule has 0 bridgehead atoms. The molecule has 0 spiro atoms. The molecule has 1 atom stereocenters. The number of alkyl halides is 1. The second-order valence-corrected chi connectivity index (χ2v) is 6.81. The molecule has 0 N–H and O–H groups in total. The molecule has 18 heavy (non-hydrogen) atoms. The fourth-order valence-electron chi connectivity index (χ4n) is 1.77. The number of pyridine rings is 1. The van der Waals surface area contributed by atoms with Crippen molar-refractivity contribution in [1.82, 2.24) is 4.98 Å². The van der Waals surface area contributed by atoms with E-state index in [1.165, 1.54) is 14.7 Å². The Bertz CT molecular complexity index is 559. The van der Waals surface area contributed by atoms with Gasteiger partial charge >= 0.3 is 0 Å². The summed E-state index contributed by atoms with van der Waals surface area (Å²) < 4.78 is 1.22. The van der Waals surface area contributed by atoms with E-state index >= 15 is 0 Å². The molecule has 0 radical (unpaired) electrons. The number of rotatable bonds is 3. The Balaban J connectivity index is 2.25. The summed E-state index contributed by atoms with van der Waals surface area (Å²) in [5.41, 5.74) is 3.56. The zero-order valence-electron chi connectivity index (χ0n) is 9.83. The monoisotopic (exact) mass is 435 g/mol. The lowest BCUT2D eigenvalue weighted by atomic mass is 10.1. The Kier molecular flexibility index (Phi) is 5.04. The van der Waals surface area contributed by atoms with Crippen LogP contribution in [0.1, 0.15) is 21.6 Å². The van der Waals surface area contributed by atoms with E-state index in [1.807, 2.05) is 30.5 Å². The van der Waals surface area contributed by atoms with Gasteiger partial charge in [-0.25, -0.2) is 0 Å². The molecule has 0 saturated carbocycles. The van der Waals surface area contributed by atoms with Crippen LogP contribution in [0.4, 0.5) is 0 Å². The molecule has 1 nitrogen and oxygen atoms in total. The van der Waals surface area contributed by atoms with Crippen LogP contribution in [0.3, 0.4) is 0 Å². The minimum atomic E-state index is 0.233. The van der Waals surface area contributed by atoms with Gasteiger partial charge in [0.1, 0.15) is 0 Å². The highest BCUT2D eigenvalue weighted by Crippen LogP contribution is 2.32. The van der Waals surface area contributed by atoms with E-state index in [1.54, 1.807) is 0 Å². The van der Waals surface area contributed by atoms with Crippen LogP contribution < -0.4 is 0 Å². The van der Waals surface area contributed by atoms with Gasteiger partial charge in [-0.15, -0.1) is 0 Å². The standard InChI is InChI=1S/C14H12BrClIN/c1-9-3-2-6-18-14(9)8-12(15)11-7-10(16)4-5-13(11)17/h2-7,12H,8H2,1H3. The van der Waals surface area contributed by atoms with Gasteiger partial charge in [-0.3, -0.25) is 4.98 Å². The van der Waals surface area contributed by atoms with Gasteiger partial charge in [0.05, 0.1) is 0 Å². The van der Waals surface area contributed by atoms with E-state index in [9.17, 15) is 0 Å². The quantitative estimate of drug-likeness (QED) is 0.468.